The van der Waals surface area contributed by atoms with Crippen LogP contribution in [-0.2, 0) is 11.2 Å². The van der Waals surface area contributed by atoms with Crippen molar-refractivity contribution in [3.8, 4) is 11.1 Å². The molecule has 7 heteroatoms. The third-order valence-corrected chi connectivity index (χ3v) is 4.78. The van der Waals surface area contributed by atoms with E-state index in [1.54, 1.807) is 24.5 Å². The Kier molecular flexibility index (Phi) is 4.64. The molecule has 29 heavy (non-hydrogen) atoms. The van der Waals surface area contributed by atoms with Crippen LogP contribution in [0.15, 0.2) is 54.9 Å². The monoisotopic (exact) mass is 386 g/mol. The fraction of sp³-hybridized carbons (Fsp3) is 0.136. The number of hydrogen-bond acceptors (Lipinski definition) is 5. The Hall–Kier alpha value is -3.87. The molecule has 4 rings (SSSR count). The van der Waals surface area contributed by atoms with Crippen LogP contribution in [0.25, 0.3) is 11.1 Å². The van der Waals surface area contributed by atoms with Crippen LogP contribution in [0, 0.1) is 6.92 Å². The molecule has 1 aromatic heterocycles. The maximum absolute atomic E-state index is 12.5. The molecular weight excluding hydrogens is 368 g/mol. The van der Waals surface area contributed by atoms with Crippen molar-refractivity contribution >= 4 is 23.7 Å². The molecule has 1 aliphatic rings. The Bertz CT molecular complexity index is 1120. The van der Waals surface area contributed by atoms with Gasteiger partial charge in [0, 0.05) is 25.0 Å². The maximum atomic E-state index is 12.5. The molecule has 0 aliphatic carbocycles. The topological polar surface area (TPSA) is 92.3 Å². The summed E-state index contributed by atoms with van der Waals surface area (Å²) in [7, 11) is 1.44. The molecule has 2 aromatic carbocycles. The number of nitrogens with zero attached hydrogens (tertiary/aromatic N) is 3. The van der Waals surface area contributed by atoms with Gasteiger partial charge in [-0.3, -0.25) is 24.6 Å². The van der Waals surface area contributed by atoms with Gasteiger partial charge in [-0.1, -0.05) is 36.4 Å². The number of carbonyl (C=O) groups is 3. The van der Waals surface area contributed by atoms with Crippen LogP contribution in [0.2, 0.25) is 0 Å². The lowest BCUT2D eigenvalue weighted by molar-refractivity contribution is -0.115. The maximum Gasteiger partial charge on any atom is 0.261 e. The number of nitrogens with one attached hydrogen (secondary N) is 1. The highest BCUT2D eigenvalue weighted by Crippen LogP contribution is 2.27. The zero-order chi connectivity index (χ0) is 20.5. The number of hydrogen-bond donors (Lipinski definition) is 1. The zero-order valence-corrected chi connectivity index (χ0v) is 16.0. The summed E-state index contributed by atoms with van der Waals surface area (Å²) in [6, 6.07) is 13.1. The van der Waals surface area contributed by atoms with Gasteiger partial charge in [-0.25, -0.2) is 9.97 Å². The van der Waals surface area contributed by atoms with Crippen LogP contribution < -0.4 is 5.32 Å². The molecule has 0 saturated heterocycles. The van der Waals surface area contributed by atoms with Crippen molar-refractivity contribution in [3.63, 3.8) is 0 Å². The average Bonchev–Trinajstić information content (AvgIpc) is 2.93. The van der Waals surface area contributed by atoms with Crippen molar-refractivity contribution in [2.45, 2.75) is 13.3 Å². The number of anilines is 1. The predicted octanol–water partition coefficient (Wildman–Crippen LogP) is 2.86. The lowest BCUT2D eigenvalue weighted by atomic mass is 9.97. The number of imide groups is 1. The highest BCUT2D eigenvalue weighted by molar-refractivity contribution is 6.22. The third-order valence-electron chi connectivity index (χ3n) is 4.78. The van der Waals surface area contributed by atoms with Crippen molar-refractivity contribution in [2.75, 3.05) is 12.4 Å². The summed E-state index contributed by atoms with van der Waals surface area (Å²) < 4.78 is 0. The molecule has 0 bridgehead atoms. The van der Waals surface area contributed by atoms with E-state index in [9.17, 15) is 14.4 Å². The lowest BCUT2D eigenvalue weighted by Crippen LogP contribution is -2.25. The number of amides is 3. The number of benzene rings is 2. The lowest BCUT2D eigenvalue weighted by Gasteiger charge is -2.09. The molecule has 7 nitrogen and oxygen atoms in total. The van der Waals surface area contributed by atoms with E-state index in [0.29, 0.717) is 16.7 Å². The smallest absolute Gasteiger partial charge is 0.261 e. The van der Waals surface area contributed by atoms with E-state index in [-0.39, 0.29) is 24.2 Å². The van der Waals surface area contributed by atoms with Crippen LogP contribution in [0.1, 0.15) is 31.8 Å². The number of rotatable bonds is 4. The van der Waals surface area contributed by atoms with E-state index in [1.807, 2.05) is 37.3 Å². The van der Waals surface area contributed by atoms with Gasteiger partial charge in [0.2, 0.25) is 11.9 Å². The Balaban J connectivity index is 1.52. The molecule has 2 heterocycles. The first-order chi connectivity index (χ1) is 13.9. The van der Waals surface area contributed by atoms with Crippen molar-refractivity contribution in [1.82, 2.24) is 14.9 Å². The van der Waals surface area contributed by atoms with Crippen molar-refractivity contribution in [2.24, 2.45) is 0 Å². The van der Waals surface area contributed by atoms with E-state index in [4.69, 9.17) is 0 Å². The highest BCUT2D eigenvalue weighted by atomic mass is 16.2. The molecule has 0 radical (unpaired) electrons. The van der Waals surface area contributed by atoms with Gasteiger partial charge in [0.15, 0.2) is 0 Å². The summed E-state index contributed by atoms with van der Waals surface area (Å²) in [5.41, 5.74) is 3.77. The number of aromatic nitrogens is 2. The summed E-state index contributed by atoms with van der Waals surface area (Å²) in [5.74, 6) is -0.926. The first kappa shape index (κ1) is 18.5. The first-order valence-corrected chi connectivity index (χ1v) is 9.07. The molecule has 1 N–H and O–H groups in total. The standard InChI is InChI=1S/C22H18N4O3/c1-13-8-15(19-17(9-13)20(28)26(2)21(19)29)10-18(27)25-22-23-11-16(12-24-22)14-6-4-3-5-7-14/h3-9,11-12H,10H2,1-2H3,(H,23,24,25,27). The SMILES string of the molecule is Cc1cc(CC(=O)Nc2ncc(-c3ccccc3)cn2)c2c(c1)C(=O)N(C)C2=O. The van der Waals surface area contributed by atoms with Gasteiger partial charge in [0.05, 0.1) is 17.5 Å². The fourth-order valence-corrected chi connectivity index (χ4v) is 3.38. The van der Waals surface area contributed by atoms with Crippen LogP contribution in [0.5, 0.6) is 0 Å². The van der Waals surface area contributed by atoms with Crippen LogP contribution in [0.3, 0.4) is 0 Å². The third kappa shape index (κ3) is 3.50. The first-order valence-electron chi connectivity index (χ1n) is 9.07. The summed E-state index contributed by atoms with van der Waals surface area (Å²) in [6.07, 6.45) is 3.22. The molecule has 0 saturated carbocycles. The summed E-state index contributed by atoms with van der Waals surface area (Å²) in [5, 5.41) is 2.65. The molecule has 0 atom stereocenters. The van der Waals surface area contributed by atoms with Crippen molar-refractivity contribution in [3.05, 3.63) is 77.1 Å². The van der Waals surface area contributed by atoms with Gasteiger partial charge < -0.3 is 0 Å². The minimum atomic E-state index is -0.392. The molecule has 1 aliphatic heterocycles. The van der Waals surface area contributed by atoms with Crippen LogP contribution in [0.4, 0.5) is 5.95 Å². The van der Waals surface area contributed by atoms with E-state index < -0.39 is 5.91 Å². The zero-order valence-electron chi connectivity index (χ0n) is 16.0. The van der Waals surface area contributed by atoms with Gasteiger partial charge in [-0.05, 0) is 29.7 Å². The molecule has 3 aromatic rings. The molecule has 144 valence electrons. The van der Waals surface area contributed by atoms with E-state index in [2.05, 4.69) is 15.3 Å². The number of aryl methyl sites for hydroxylation is 1. The molecule has 0 unspecified atom stereocenters. The normalized spacial score (nSPS) is 12.8. The van der Waals surface area contributed by atoms with Gasteiger partial charge >= 0.3 is 0 Å². The van der Waals surface area contributed by atoms with Crippen molar-refractivity contribution in [1.29, 1.82) is 0 Å². The minimum Gasteiger partial charge on any atom is -0.294 e. The summed E-state index contributed by atoms with van der Waals surface area (Å²) in [4.78, 5) is 46.6. The molecule has 0 spiro atoms. The van der Waals surface area contributed by atoms with Gasteiger partial charge in [-0.2, -0.15) is 0 Å². The number of fused-ring (bicyclic) bond motifs is 1. The summed E-state index contributed by atoms with van der Waals surface area (Å²) in [6.45, 7) is 1.82. The highest BCUT2D eigenvalue weighted by Gasteiger charge is 2.35. The van der Waals surface area contributed by atoms with Gasteiger partial charge in [-0.15, -0.1) is 0 Å². The molecule has 0 fully saturated rings. The molecular formula is C22H18N4O3. The van der Waals surface area contributed by atoms with Gasteiger partial charge in [0.25, 0.3) is 11.8 Å². The van der Waals surface area contributed by atoms with E-state index in [1.165, 1.54) is 7.05 Å². The second kappa shape index (κ2) is 7.27. The Morgan fingerprint density at radius 2 is 1.69 bits per heavy atom. The van der Waals surface area contributed by atoms with Crippen LogP contribution in [-0.4, -0.2) is 39.6 Å². The van der Waals surface area contributed by atoms with Crippen LogP contribution >= 0.6 is 0 Å². The Morgan fingerprint density at radius 1 is 1.00 bits per heavy atom. The second-order valence-electron chi connectivity index (χ2n) is 6.90. The second-order valence-corrected chi connectivity index (χ2v) is 6.90. The Labute approximate surface area is 167 Å². The average molecular weight is 386 g/mol. The largest absolute Gasteiger partial charge is 0.294 e. The fourth-order valence-electron chi connectivity index (χ4n) is 3.38. The predicted molar refractivity (Wildman–Crippen MR) is 107 cm³/mol. The Morgan fingerprint density at radius 3 is 2.38 bits per heavy atom. The summed E-state index contributed by atoms with van der Waals surface area (Å²) >= 11 is 0. The van der Waals surface area contributed by atoms with Crippen molar-refractivity contribution < 1.29 is 14.4 Å². The van der Waals surface area contributed by atoms with E-state index in [0.717, 1.165) is 21.6 Å². The quantitative estimate of drug-likeness (QED) is 0.696. The minimum absolute atomic E-state index is 0.0549. The van der Waals surface area contributed by atoms with Gasteiger partial charge in [0.1, 0.15) is 0 Å². The molecule has 3 amide bonds. The number of carbonyl (C=O) groups excluding carboxylic acids is 3. The van der Waals surface area contributed by atoms with E-state index >= 15 is 0 Å².